The Hall–Kier alpha value is -3.81. The van der Waals surface area contributed by atoms with Gasteiger partial charge in [-0.2, -0.15) is 0 Å². The molecule has 0 atom stereocenters. The molecule has 1 aromatic heterocycles. The van der Waals surface area contributed by atoms with Crippen LogP contribution in [-0.4, -0.2) is 22.4 Å². The zero-order valence-electron chi connectivity index (χ0n) is 18.3. The zero-order valence-corrected chi connectivity index (χ0v) is 19.8. The summed E-state index contributed by atoms with van der Waals surface area (Å²) in [4.78, 5) is 38.4. The van der Waals surface area contributed by atoms with Crippen LogP contribution in [0, 0.1) is 13.8 Å². The van der Waals surface area contributed by atoms with Crippen molar-refractivity contribution in [1.29, 1.82) is 0 Å². The standard InChI is InChI=1S/C25H20Cl2N4O3/c1-14-6-9-18(10-7-14)28-24(33)25(34)30-31-21-11-8-17(26)12-16(21)13-22(31)23(32)29-20-5-3-4-19(27)15(20)2/h3-13H,1-2H3,(H,28,33)(H,29,32)(H,30,34). The summed E-state index contributed by atoms with van der Waals surface area (Å²) in [5, 5.41) is 6.92. The van der Waals surface area contributed by atoms with Crippen molar-refractivity contribution < 1.29 is 14.4 Å². The van der Waals surface area contributed by atoms with E-state index in [9.17, 15) is 14.4 Å². The number of anilines is 2. The van der Waals surface area contributed by atoms with Crippen molar-refractivity contribution in [2.75, 3.05) is 16.1 Å². The quantitative estimate of drug-likeness (QED) is 0.326. The first-order chi connectivity index (χ1) is 16.2. The Balaban J connectivity index is 1.64. The van der Waals surface area contributed by atoms with Crippen molar-refractivity contribution in [3.8, 4) is 0 Å². The second kappa shape index (κ2) is 9.59. The smallest absolute Gasteiger partial charge is 0.320 e. The summed E-state index contributed by atoms with van der Waals surface area (Å²) in [6, 6.07) is 18.7. The molecule has 3 amide bonds. The minimum absolute atomic E-state index is 0.105. The molecule has 172 valence electrons. The molecule has 0 radical (unpaired) electrons. The normalized spacial score (nSPS) is 10.7. The van der Waals surface area contributed by atoms with E-state index in [1.54, 1.807) is 61.5 Å². The molecule has 0 spiro atoms. The Bertz CT molecular complexity index is 1430. The van der Waals surface area contributed by atoms with Crippen LogP contribution in [0.3, 0.4) is 0 Å². The highest BCUT2D eigenvalue weighted by Gasteiger charge is 2.21. The molecule has 1 heterocycles. The molecule has 3 aromatic carbocycles. The molecule has 4 rings (SSSR count). The number of rotatable bonds is 4. The van der Waals surface area contributed by atoms with E-state index >= 15 is 0 Å². The summed E-state index contributed by atoms with van der Waals surface area (Å²) in [5.41, 5.74) is 5.83. The van der Waals surface area contributed by atoms with E-state index in [2.05, 4.69) is 16.1 Å². The van der Waals surface area contributed by atoms with Gasteiger partial charge in [-0.05, 0) is 67.9 Å². The summed E-state index contributed by atoms with van der Waals surface area (Å²) in [6.45, 7) is 3.70. The van der Waals surface area contributed by atoms with Crippen molar-refractivity contribution in [3.05, 3.63) is 93.6 Å². The lowest BCUT2D eigenvalue weighted by atomic mass is 10.2. The van der Waals surface area contributed by atoms with Crippen LogP contribution in [0.2, 0.25) is 10.0 Å². The molecular formula is C25H20Cl2N4O3. The molecule has 0 saturated heterocycles. The lowest BCUT2D eigenvalue weighted by molar-refractivity contribution is -0.133. The summed E-state index contributed by atoms with van der Waals surface area (Å²) >= 11 is 12.3. The van der Waals surface area contributed by atoms with Gasteiger partial charge in [-0.15, -0.1) is 0 Å². The fraction of sp³-hybridized carbons (Fsp3) is 0.0800. The molecule has 7 nitrogen and oxygen atoms in total. The fourth-order valence-electron chi connectivity index (χ4n) is 3.38. The molecule has 0 aliphatic rings. The van der Waals surface area contributed by atoms with Crippen LogP contribution in [-0.2, 0) is 9.59 Å². The largest absolute Gasteiger partial charge is 0.328 e. The monoisotopic (exact) mass is 494 g/mol. The van der Waals surface area contributed by atoms with E-state index in [0.717, 1.165) is 5.56 Å². The van der Waals surface area contributed by atoms with Gasteiger partial charge in [0.15, 0.2) is 0 Å². The third-order valence-electron chi connectivity index (χ3n) is 5.24. The van der Waals surface area contributed by atoms with Crippen LogP contribution < -0.4 is 16.1 Å². The number of hydrogen-bond acceptors (Lipinski definition) is 3. The topological polar surface area (TPSA) is 92.2 Å². The van der Waals surface area contributed by atoms with Gasteiger partial charge >= 0.3 is 11.8 Å². The Morgan fingerprint density at radius 3 is 2.29 bits per heavy atom. The maximum Gasteiger partial charge on any atom is 0.328 e. The van der Waals surface area contributed by atoms with Gasteiger partial charge in [-0.25, -0.2) is 4.68 Å². The fourth-order valence-corrected chi connectivity index (χ4v) is 3.74. The number of carbonyl (C=O) groups excluding carboxylic acids is 3. The highest BCUT2D eigenvalue weighted by Crippen LogP contribution is 2.26. The van der Waals surface area contributed by atoms with Crippen LogP contribution in [0.4, 0.5) is 11.4 Å². The first kappa shape index (κ1) is 23.4. The molecule has 0 bridgehead atoms. The highest BCUT2D eigenvalue weighted by atomic mass is 35.5. The molecule has 0 aliphatic carbocycles. The Kier molecular flexibility index (Phi) is 6.58. The second-order valence-corrected chi connectivity index (χ2v) is 8.54. The minimum Gasteiger partial charge on any atom is -0.320 e. The lowest BCUT2D eigenvalue weighted by Gasteiger charge is -2.14. The Morgan fingerprint density at radius 2 is 1.56 bits per heavy atom. The van der Waals surface area contributed by atoms with Crippen LogP contribution in [0.25, 0.3) is 10.9 Å². The number of nitrogens with zero attached hydrogens (tertiary/aromatic N) is 1. The number of benzene rings is 3. The van der Waals surface area contributed by atoms with Crippen molar-refractivity contribution in [3.63, 3.8) is 0 Å². The Morgan fingerprint density at radius 1 is 0.824 bits per heavy atom. The number of nitrogens with one attached hydrogen (secondary N) is 3. The Labute approximate surface area is 205 Å². The maximum absolute atomic E-state index is 13.2. The first-order valence-corrected chi connectivity index (χ1v) is 11.0. The molecule has 3 N–H and O–H groups in total. The lowest BCUT2D eigenvalue weighted by Crippen LogP contribution is -2.36. The molecule has 0 saturated carbocycles. The van der Waals surface area contributed by atoms with Crippen LogP contribution in [0.15, 0.2) is 66.7 Å². The van der Waals surface area contributed by atoms with Gasteiger partial charge in [0.05, 0.1) is 5.52 Å². The SMILES string of the molecule is Cc1ccc(NC(=O)C(=O)Nn2c(C(=O)Nc3cccc(Cl)c3C)cc3cc(Cl)ccc32)cc1. The first-order valence-electron chi connectivity index (χ1n) is 10.3. The van der Waals surface area contributed by atoms with Crippen molar-refractivity contribution in [1.82, 2.24) is 4.68 Å². The molecular weight excluding hydrogens is 475 g/mol. The molecule has 9 heteroatoms. The summed E-state index contributed by atoms with van der Waals surface area (Å²) in [6.07, 6.45) is 0. The van der Waals surface area contributed by atoms with Crippen molar-refractivity contribution >= 4 is 63.2 Å². The number of carbonyl (C=O) groups is 3. The molecule has 4 aromatic rings. The summed E-state index contributed by atoms with van der Waals surface area (Å²) in [7, 11) is 0. The van der Waals surface area contributed by atoms with Crippen molar-refractivity contribution in [2.45, 2.75) is 13.8 Å². The van der Waals surface area contributed by atoms with Gasteiger partial charge in [0.25, 0.3) is 5.91 Å². The van der Waals surface area contributed by atoms with Crippen LogP contribution >= 0.6 is 23.2 Å². The van der Waals surface area contributed by atoms with Crippen LogP contribution in [0.1, 0.15) is 21.6 Å². The number of fused-ring (bicyclic) bond motifs is 1. The minimum atomic E-state index is -0.944. The summed E-state index contributed by atoms with van der Waals surface area (Å²) in [5.74, 6) is -2.32. The van der Waals surface area contributed by atoms with E-state index in [-0.39, 0.29) is 5.69 Å². The molecule has 0 unspecified atom stereocenters. The van der Waals surface area contributed by atoms with Gasteiger partial charge < -0.3 is 10.6 Å². The predicted molar refractivity (Wildman–Crippen MR) is 135 cm³/mol. The third kappa shape index (κ3) is 4.90. The number of hydrogen-bond donors (Lipinski definition) is 3. The second-order valence-electron chi connectivity index (χ2n) is 7.70. The zero-order chi connectivity index (χ0) is 24.4. The van der Waals surface area contributed by atoms with Crippen molar-refractivity contribution in [2.24, 2.45) is 0 Å². The van der Waals surface area contributed by atoms with Gasteiger partial charge in [0, 0.05) is 26.8 Å². The van der Waals surface area contributed by atoms with E-state index in [1.165, 1.54) is 4.68 Å². The molecule has 0 aliphatic heterocycles. The van der Waals surface area contributed by atoms with Gasteiger partial charge in [0.2, 0.25) is 0 Å². The van der Waals surface area contributed by atoms with E-state index < -0.39 is 17.7 Å². The number of halogens is 2. The highest BCUT2D eigenvalue weighted by molar-refractivity contribution is 6.42. The average molecular weight is 495 g/mol. The number of aromatic nitrogens is 1. The average Bonchev–Trinajstić information content (AvgIpc) is 3.15. The van der Waals surface area contributed by atoms with Gasteiger partial charge in [-0.3, -0.25) is 19.8 Å². The van der Waals surface area contributed by atoms with E-state index in [1.807, 2.05) is 19.1 Å². The van der Waals surface area contributed by atoms with Gasteiger partial charge in [-0.1, -0.05) is 47.0 Å². The predicted octanol–water partition coefficient (Wildman–Crippen LogP) is 5.53. The molecule has 0 fully saturated rings. The maximum atomic E-state index is 13.2. The van der Waals surface area contributed by atoms with Gasteiger partial charge in [0.1, 0.15) is 5.69 Å². The number of amides is 3. The summed E-state index contributed by atoms with van der Waals surface area (Å²) < 4.78 is 1.26. The van der Waals surface area contributed by atoms with E-state index in [0.29, 0.717) is 37.9 Å². The third-order valence-corrected chi connectivity index (χ3v) is 5.89. The van der Waals surface area contributed by atoms with Crippen LogP contribution in [0.5, 0.6) is 0 Å². The van der Waals surface area contributed by atoms with E-state index in [4.69, 9.17) is 23.2 Å². The number of aryl methyl sites for hydroxylation is 1. The molecule has 34 heavy (non-hydrogen) atoms.